The molecule has 0 bridgehead atoms. The highest BCUT2D eigenvalue weighted by Crippen LogP contribution is 2.18. The van der Waals surface area contributed by atoms with Crippen molar-refractivity contribution in [3.63, 3.8) is 0 Å². The van der Waals surface area contributed by atoms with Gasteiger partial charge in [0, 0.05) is 22.7 Å². The molecule has 0 N–H and O–H groups in total. The molecule has 0 unspecified atom stereocenters. The molecule has 0 spiro atoms. The maximum Gasteiger partial charge on any atom is 0.193 e. The van der Waals surface area contributed by atoms with E-state index < -0.39 is 0 Å². The van der Waals surface area contributed by atoms with Crippen LogP contribution in [0.4, 0.5) is 0 Å². The second-order valence-corrected chi connectivity index (χ2v) is 6.06. The first-order valence-corrected chi connectivity index (χ1v) is 7.78. The minimum absolute atomic E-state index is 0.208. The number of hydrogen-bond acceptors (Lipinski definition) is 4. The third-order valence-corrected chi connectivity index (χ3v) is 4.51. The van der Waals surface area contributed by atoms with Crippen LogP contribution >= 0.6 is 23.1 Å². The largest absolute Gasteiger partial charge is 0.298 e. The molecule has 2 heterocycles. The Bertz CT molecular complexity index is 659. The summed E-state index contributed by atoms with van der Waals surface area (Å²) < 4.78 is 1.96. The summed E-state index contributed by atoms with van der Waals surface area (Å²) >= 11 is 3.16. The average Bonchev–Trinajstić information content (AvgIpc) is 2.98. The highest BCUT2D eigenvalue weighted by molar-refractivity contribution is 8.00. The Morgan fingerprint density at radius 1 is 1.32 bits per heavy atom. The summed E-state index contributed by atoms with van der Waals surface area (Å²) in [4.78, 5) is 18.4. The van der Waals surface area contributed by atoms with Crippen molar-refractivity contribution in [2.24, 2.45) is 0 Å². The van der Waals surface area contributed by atoms with E-state index in [1.54, 1.807) is 23.1 Å². The number of Topliss-reactive ketones (excluding diaryl/α,β-unsaturated/α-hetero) is 1. The van der Waals surface area contributed by atoms with Crippen LogP contribution in [0, 0.1) is 0 Å². The molecule has 0 saturated heterocycles. The summed E-state index contributed by atoms with van der Waals surface area (Å²) in [5.74, 6) is 0.703. The van der Waals surface area contributed by atoms with Crippen molar-refractivity contribution in [3.8, 4) is 0 Å². The Labute approximate surface area is 119 Å². The molecule has 2 aromatic heterocycles. The number of ketones is 1. The predicted octanol–water partition coefficient (Wildman–Crippen LogP) is 3.30. The molecule has 0 aliphatic rings. The first kappa shape index (κ1) is 12.4. The fourth-order valence-corrected chi connectivity index (χ4v) is 3.29. The fraction of sp³-hybridized carbons (Fsp3) is 0.143. The number of fused-ring (bicyclic) bond motifs is 1. The van der Waals surface area contributed by atoms with E-state index in [4.69, 9.17) is 0 Å². The van der Waals surface area contributed by atoms with E-state index in [2.05, 4.69) is 4.98 Å². The fourth-order valence-electron chi connectivity index (χ4n) is 1.79. The molecule has 3 rings (SSSR count). The summed E-state index contributed by atoms with van der Waals surface area (Å²) in [5.41, 5.74) is 0.852. The number of hydrogen-bond donors (Lipinski definition) is 0. The van der Waals surface area contributed by atoms with Crippen molar-refractivity contribution in [3.05, 3.63) is 53.8 Å². The molecule has 19 heavy (non-hydrogen) atoms. The lowest BCUT2D eigenvalue weighted by Crippen LogP contribution is -2.05. The number of thioether (sulfide) groups is 1. The Morgan fingerprint density at radius 3 is 2.95 bits per heavy atom. The van der Waals surface area contributed by atoms with Gasteiger partial charge in [0.15, 0.2) is 4.96 Å². The van der Waals surface area contributed by atoms with E-state index in [0.29, 0.717) is 12.2 Å². The molecule has 3 aromatic rings. The molecule has 3 nitrogen and oxygen atoms in total. The van der Waals surface area contributed by atoms with Crippen molar-refractivity contribution in [2.75, 3.05) is 5.75 Å². The standard InChI is InChI=1S/C14H12N2OS2/c17-12(10-19-13-4-2-1-3-5-13)8-11-9-16-6-7-18-14(16)15-11/h1-7,9H,8,10H2. The number of thiazole rings is 1. The maximum atomic E-state index is 11.9. The summed E-state index contributed by atoms with van der Waals surface area (Å²) in [5, 5.41) is 1.99. The normalized spacial score (nSPS) is 10.9. The van der Waals surface area contributed by atoms with Crippen LogP contribution in [0.25, 0.3) is 4.96 Å². The molecular weight excluding hydrogens is 276 g/mol. The topological polar surface area (TPSA) is 34.4 Å². The third-order valence-electron chi connectivity index (χ3n) is 2.66. The minimum atomic E-state index is 0.208. The first-order valence-electron chi connectivity index (χ1n) is 5.92. The van der Waals surface area contributed by atoms with Gasteiger partial charge in [-0.05, 0) is 12.1 Å². The highest BCUT2D eigenvalue weighted by atomic mass is 32.2. The Balaban J connectivity index is 1.58. The number of benzene rings is 1. The van der Waals surface area contributed by atoms with Gasteiger partial charge in [-0.3, -0.25) is 9.20 Å². The van der Waals surface area contributed by atoms with E-state index in [1.165, 1.54) is 0 Å². The van der Waals surface area contributed by atoms with Gasteiger partial charge in [-0.2, -0.15) is 0 Å². The van der Waals surface area contributed by atoms with E-state index in [9.17, 15) is 4.79 Å². The van der Waals surface area contributed by atoms with Gasteiger partial charge in [0.2, 0.25) is 0 Å². The Morgan fingerprint density at radius 2 is 2.16 bits per heavy atom. The SMILES string of the molecule is O=C(CSc1ccccc1)Cc1cn2ccsc2n1. The van der Waals surface area contributed by atoms with Crippen LogP contribution in [0.3, 0.4) is 0 Å². The van der Waals surface area contributed by atoms with Crippen LogP contribution in [0.2, 0.25) is 0 Å². The molecular formula is C14H12N2OS2. The van der Waals surface area contributed by atoms with Crippen molar-refractivity contribution in [2.45, 2.75) is 11.3 Å². The monoisotopic (exact) mass is 288 g/mol. The lowest BCUT2D eigenvalue weighted by atomic mass is 10.2. The van der Waals surface area contributed by atoms with Gasteiger partial charge in [0.25, 0.3) is 0 Å². The lowest BCUT2D eigenvalue weighted by Gasteiger charge is -1.99. The Kier molecular flexibility index (Phi) is 3.66. The number of imidazole rings is 1. The number of nitrogens with zero attached hydrogens (tertiary/aromatic N) is 2. The van der Waals surface area contributed by atoms with Crippen LogP contribution in [0.15, 0.2) is 53.0 Å². The number of carbonyl (C=O) groups excluding carboxylic acids is 1. The van der Waals surface area contributed by atoms with Crippen LogP contribution in [-0.2, 0) is 11.2 Å². The quantitative estimate of drug-likeness (QED) is 0.676. The number of aromatic nitrogens is 2. The van der Waals surface area contributed by atoms with Crippen molar-refractivity contribution < 1.29 is 4.79 Å². The van der Waals surface area contributed by atoms with Gasteiger partial charge in [0.1, 0.15) is 5.78 Å². The minimum Gasteiger partial charge on any atom is -0.298 e. The molecule has 0 aliphatic heterocycles. The van der Waals surface area contributed by atoms with Gasteiger partial charge in [0.05, 0.1) is 17.9 Å². The van der Waals surface area contributed by atoms with Gasteiger partial charge in [-0.25, -0.2) is 4.98 Å². The molecule has 96 valence electrons. The molecule has 5 heteroatoms. The predicted molar refractivity (Wildman–Crippen MR) is 78.9 cm³/mol. The number of carbonyl (C=O) groups is 1. The van der Waals surface area contributed by atoms with Gasteiger partial charge >= 0.3 is 0 Å². The van der Waals surface area contributed by atoms with Crippen LogP contribution in [0.5, 0.6) is 0 Å². The Hall–Kier alpha value is -1.59. The van der Waals surface area contributed by atoms with Gasteiger partial charge in [-0.1, -0.05) is 18.2 Å². The van der Waals surface area contributed by atoms with Crippen LogP contribution in [0.1, 0.15) is 5.69 Å². The van der Waals surface area contributed by atoms with Crippen LogP contribution < -0.4 is 0 Å². The maximum absolute atomic E-state index is 11.9. The second-order valence-electron chi connectivity index (χ2n) is 4.14. The van der Waals surface area contributed by atoms with Crippen LogP contribution in [-0.4, -0.2) is 20.9 Å². The summed E-state index contributed by atoms with van der Waals surface area (Å²) in [6, 6.07) is 9.98. The lowest BCUT2D eigenvalue weighted by molar-refractivity contribution is -0.116. The summed E-state index contributed by atoms with van der Waals surface area (Å²) in [7, 11) is 0. The first-order chi connectivity index (χ1) is 9.31. The van der Waals surface area contributed by atoms with Gasteiger partial charge < -0.3 is 0 Å². The van der Waals surface area contributed by atoms with Crippen molar-refractivity contribution in [1.82, 2.24) is 9.38 Å². The number of rotatable bonds is 5. The molecule has 0 saturated carbocycles. The molecule has 0 radical (unpaired) electrons. The average molecular weight is 288 g/mol. The van der Waals surface area contributed by atoms with Crippen molar-refractivity contribution in [1.29, 1.82) is 0 Å². The molecule has 0 fully saturated rings. The zero-order valence-electron chi connectivity index (χ0n) is 10.2. The van der Waals surface area contributed by atoms with E-state index in [1.807, 2.05) is 52.5 Å². The molecule has 0 aliphatic carbocycles. The molecule has 0 amide bonds. The zero-order chi connectivity index (χ0) is 13.1. The van der Waals surface area contributed by atoms with E-state index >= 15 is 0 Å². The summed E-state index contributed by atoms with van der Waals surface area (Å²) in [6.45, 7) is 0. The second kappa shape index (κ2) is 5.59. The van der Waals surface area contributed by atoms with Crippen molar-refractivity contribution >= 4 is 33.8 Å². The summed E-state index contributed by atoms with van der Waals surface area (Å²) in [6.07, 6.45) is 4.30. The highest BCUT2D eigenvalue weighted by Gasteiger charge is 2.08. The molecule has 0 atom stereocenters. The van der Waals surface area contributed by atoms with E-state index in [0.717, 1.165) is 15.6 Å². The molecule has 1 aromatic carbocycles. The smallest absolute Gasteiger partial charge is 0.193 e. The third kappa shape index (κ3) is 3.05. The van der Waals surface area contributed by atoms with Gasteiger partial charge in [-0.15, -0.1) is 23.1 Å². The van der Waals surface area contributed by atoms with E-state index in [-0.39, 0.29) is 5.78 Å². The zero-order valence-corrected chi connectivity index (χ0v) is 11.8.